The first-order chi connectivity index (χ1) is 10.2. The number of halogens is 1. The Morgan fingerprint density at radius 2 is 1.81 bits per heavy atom. The van der Waals surface area contributed by atoms with E-state index < -0.39 is 0 Å². The number of hydrogen-bond donors (Lipinski definition) is 2. The number of benzene rings is 1. The van der Waals surface area contributed by atoms with Gasteiger partial charge < -0.3 is 10.6 Å². The number of anilines is 3. The third-order valence-electron chi connectivity index (χ3n) is 3.62. The van der Waals surface area contributed by atoms with Crippen molar-refractivity contribution in [3.63, 3.8) is 0 Å². The first-order valence-electron chi connectivity index (χ1n) is 7.00. The zero-order valence-electron chi connectivity index (χ0n) is 11.5. The van der Waals surface area contributed by atoms with Gasteiger partial charge in [-0.15, -0.1) is 0 Å². The van der Waals surface area contributed by atoms with Gasteiger partial charge in [0.2, 0.25) is 5.91 Å². The van der Waals surface area contributed by atoms with Gasteiger partial charge in [-0.1, -0.05) is 6.42 Å². The summed E-state index contributed by atoms with van der Waals surface area (Å²) in [6, 6.07) is 9.67. The highest BCUT2D eigenvalue weighted by Crippen LogP contribution is 2.27. The monoisotopic (exact) mass is 285 g/mol. The molecule has 1 aliphatic rings. The van der Waals surface area contributed by atoms with E-state index in [-0.39, 0.29) is 17.6 Å². The van der Waals surface area contributed by atoms with Gasteiger partial charge >= 0.3 is 0 Å². The van der Waals surface area contributed by atoms with Crippen molar-refractivity contribution >= 4 is 23.1 Å². The van der Waals surface area contributed by atoms with Crippen LogP contribution in [0.4, 0.5) is 21.6 Å². The van der Waals surface area contributed by atoms with Crippen LogP contribution in [0, 0.1) is 11.7 Å². The Bertz CT molecular complexity index is 621. The Balaban J connectivity index is 1.60. The fourth-order valence-electron chi connectivity index (χ4n) is 2.14. The van der Waals surface area contributed by atoms with E-state index >= 15 is 0 Å². The largest absolute Gasteiger partial charge is 0.354 e. The molecule has 1 saturated carbocycles. The van der Waals surface area contributed by atoms with E-state index in [1.807, 2.05) is 6.07 Å². The first kappa shape index (κ1) is 13.5. The number of nitrogens with zero attached hydrogens (tertiary/aromatic N) is 1. The minimum Gasteiger partial charge on any atom is -0.354 e. The van der Waals surface area contributed by atoms with Crippen LogP contribution in [0.25, 0.3) is 0 Å². The molecule has 0 spiro atoms. The Morgan fingerprint density at radius 1 is 1.10 bits per heavy atom. The second-order valence-corrected chi connectivity index (χ2v) is 5.18. The maximum Gasteiger partial charge on any atom is 0.228 e. The fourth-order valence-corrected chi connectivity index (χ4v) is 2.14. The number of nitrogens with one attached hydrogen (secondary N) is 2. The van der Waals surface area contributed by atoms with E-state index in [1.54, 1.807) is 24.4 Å². The molecule has 5 heteroatoms. The lowest BCUT2D eigenvalue weighted by molar-refractivity contribution is -0.122. The third kappa shape index (κ3) is 3.37. The fraction of sp³-hybridized carbons (Fsp3) is 0.250. The number of carbonyl (C=O) groups is 1. The van der Waals surface area contributed by atoms with Gasteiger partial charge in [0.15, 0.2) is 0 Å². The van der Waals surface area contributed by atoms with Crippen LogP contribution in [-0.2, 0) is 4.79 Å². The van der Waals surface area contributed by atoms with Gasteiger partial charge in [-0.2, -0.15) is 0 Å². The predicted molar refractivity (Wildman–Crippen MR) is 79.9 cm³/mol. The molecule has 1 fully saturated rings. The molecule has 0 atom stereocenters. The molecule has 3 rings (SSSR count). The van der Waals surface area contributed by atoms with Crippen molar-refractivity contribution in [2.45, 2.75) is 19.3 Å². The lowest BCUT2D eigenvalue weighted by Gasteiger charge is -2.23. The molecule has 0 radical (unpaired) electrons. The first-order valence-corrected chi connectivity index (χ1v) is 7.00. The van der Waals surface area contributed by atoms with Crippen LogP contribution in [0.3, 0.4) is 0 Å². The quantitative estimate of drug-likeness (QED) is 0.900. The highest BCUT2D eigenvalue weighted by molar-refractivity contribution is 5.92. The van der Waals surface area contributed by atoms with Gasteiger partial charge in [-0.25, -0.2) is 9.37 Å². The van der Waals surface area contributed by atoms with Crippen LogP contribution < -0.4 is 10.6 Å². The third-order valence-corrected chi connectivity index (χ3v) is 3.62. The average Bonchev–Trinajstić information content (AvgIpc) is 2.41. The second kappa shape index (κ2) is 5.91. The lowest BCUT2D eigenvalue weighted by atomic mass is 9.85. The molecule has 0 saturated heterocycles. The van der Waals surface area contributed by atoms with Crippen LogP contribution >= 0.6 is 0 Å². The summed E-state index contributed by atoms with van der Waals surface area (Å²) < 4.78 is 12.8. The summed E-state index contributed by atoms with van der Waals surface area (Å²) in [6.07, 6.45) is 4.71. The molecule has 0 unspecified atom stereocenters. The average molecular weight is 285 g/mol. The molecule has 1 amide bonds. The molecule has 4 nitrogen and oxygen atoms in total. The molecule has 0 bridgehead atoms. The van der Waals surface area contributed by atoms with Crippen molar-refractivity contribution in [3.8, 4) is 0 Å². The number of carbonyl (C=O) groups excluding carboxylic acids is 1. The Kier molecular flexibility index (Phi) is 3.81. The van der Waals surface area contributed by atoms with Gasteiger partial charge in [-0.3, -0.25) is 4.79 Å². The highest BCUT2D eigenvalue weighted by Gasteiger charge is 2.25. The van der Waals surface area contributed by atoms with E-state index in [2.05, 4.69) is 15.6 Å². The standard InChI is InChI=1S/C16H16FN3O/c17-12-4-6-13(7-5-12)19-14-8-9-15(18-10-14)20-16(21)11-2-1-3-11/h4-11,19H,1-3H2,(H,18,20,21). The maximum absolute atomic E-state index is 12.8. The minimum atomic E-state index is -0.271. The van der Waals surface area contributed by atoms with Crippen LogP contribution in [0.15, 0.2) is 42.6 Å². The van der Waals surface area contributed by atoms with E-state index in [0.717, 1.165) is 30.6 Å². The van der Waals surface area contributed by atoms with E-state index in [1.165, 1.54) is 12.1 Å². The normalized spacial score (nSPS) is 14.3. The highest BCUT2D eigenvalue weighted by atomic mass is 19.1. The van der Waals surface area contributed by atoms with Crippen molar-refractivity contribution in [3.05, 3.63) is 48.4 Å². The predicted octanol–water partition coefficient (Wildman–Crippen LogP) is 3.70. The summed E-state index contributed by atoms with van der Waals surface area (Å²) >= 11 is 0. The number of rotatable bonds is 4. The van der Waals surface area contributed by atoms with E-state index in [4.69, 9.17) is 0 Å². The van der Waals surface area contributed by atoms with Crippen molar-refractivity contribution in [2.24, 2.45) is 5.92 Å². The molecule has 1 aromatic carbocycles. The Hall–Kier alpha value is -2.43. The van der Waals surface area contributed by atoms with Crippen LogP contribution in [-0.4, -0.2) is 10.9 Å². The number of amides is 1. The summed E-state index contributed by atoms with van der Waals surface area (Å²) in [6.45, 7) is 0. The number of hydrogen-bond acceptors (Lipinski definition) is 3. The molecule has 2 aromatic rings. The molecule has 0 aliphatic heterocycles. The summed E-state index contributed by atoms with van der Waals surface area (Å²) in [5.41, 5.74) is 1.56. The topological polar surface area (TPSA) is 54.0 Å². The van der Waals surface area contributed by atoms with Gasteiger partial charge in [0, 0.05) is 11.6 Å². The van der Waals surface area contributed by atoms with Crippen molar-refractivity contribution in [1.82, 2.24) is 4.98 Å². The van der Waals surface area contributed by atoms with Gasteiger partial charge in [0.05, 0.1) is 11.9 Å². The smallest absolute Gasteiger partial charge is 0.228 e. The van der Waals surface area contributed by atoms with Crippen molar-refractivity contribution in [2.75, 3.05) is 10.6 Å². The Labute approximate surface area is 122 Å². The molecular weight excluding hydrogens is 269 g/mol. The summed E-state index contributed by atoms with van der Waals surface area (Å²) in [5, 5.41) is 5.93. The molecule has 21 heavy (non-hydrogen) atoms. The molecule has 1 aliphatic carbocycles. The zero-order chi connectivity index (χ0) is 14.7. The van der Waals surface area contributed by atoms with Gasteiger partial charge in [0.1, 0.15) is 11.6 Å². The van der Waals surface area contributed by atoms with Crippen molar-refractivity contribution in [1.29, 1.82) is 0 Å². The van der Waals surface area contributed by atoms with Crippen molar-refractivity contribution < 1.29 is 9.18 Å². The van der Waals surface area contributed by atoms with Crippen LogP contribution in [0.1, 0.15) is 19.3 Å². The molecule has 1 aromatic heterocycles. The second-order valence-electron chi connectivity index (χ2n) is 5.18. The summed E-state index contributed by atoms with van der Waals surface area (Å²) in [5.74, 6) is 0.473. The SMILES string of the molecule is O=C(Nc1ccc(Nc2ccc(F)cc2)cn1)C1CCC1. The maximum atomic E-state index is 12.8. The molecule has 108 valence electrons. The summed E-state index contributed by atoms with van der Waals surface area (Å²) in [4.78, 5) is 16.0. The van der Waals surface area contributed by atoms with Crippen LogP contribution in [0.2, 0.25) is 0 Å². The summed E-state index contributed by atoms with van der Waals surface area (Å²) in [7, 11) is 0. The molecular formula is C16H16FN3O. The van der Waals surface area contributed by atoms with Gasteiger partial charge in [0.25, 0.3) is 0 Å². The van der Waals surface area contributed by atoms with Crippen LogP contribution in [0.5, 0.6) is 0 Å². The minimum absolute atomic E-state index is 0.0491. The van der Waals surface area contributed by atoms with Gasteiger partial charge in [-0.05, 0) is 49.2 Å². The Morgan fingerprint density at radius 3 is 2.38 bits per heavy atom. The molecule has 2 N–H and O–H groups in total. The molecule has 1 heterocycles. The van der Waals surface area contributed by atoms with E-state index in [0.29, 0.717) is 5.82 Å². The zero-order valence-corrected chi connectivity index (χ0v) is 11.5. The number of pyridine rings is 1. The lowest BCUT2D eigenvalue weighted by Crippen LogP contribution is -2.28. The van der Waals surface area contributed by atoms with E-state index in [9.17, 15) is 9.18 Å². The number of aromatic nitrogens is 1.